The van der Waals surface area contributed by atoms with Crippen LogP contribution in [0.1, 0.15) is 27.5 Å². The lowest BCUT2D eigenvalue weighted by Crippen LogP contribution is -2.44. The number of methoxy groups -OCH3 is 2. The molecule has 3 aromatic rings. The van der Waals surface area contributed by atoms with Crippen molar-refractivity contribution in [1.82, 2.24) is 4.90 Å². The average Bonchev–Trinajstić information content (AvgIpc) is 3.44. The highest BCUT2D eigenvalue weighted by molar-refractivity contribution is 6.24. The number of anilines is 1. The van der Waals surface area contributed by atoms with Crippen molar-refractivity contribution >= 4 is 35.0 Å². The van der Waals surface area contributed by atoms with E-state index in [1.807, 2.05) is 30.3 Å². The fraction of sp³-hybridized carbons (Fsp3) is 0.207. The number of rotatable bonds is 6. The van der Waals surface area contributed by atoms with E-state index in [2.05, 4.69) is 0 Å². The Morgan fingerprint density at radius 1 is 0.897 bits per heavy atom. The van der Waals surface area contributed by atoms with Crippen molar-refractivity contribution in [2.45, 2.75) is 12.1 Å². The average molecular weight is 526 g/mol. The van der Waals surface area contributed by atoms with Gasteiger partial charge in [0.25, 0.3) is 5.69 Å². The van der Waals surface area contributed by atoms with Crippen LogP contribution in [0.5, 0.6) is 11.5 Å². The number of non-ortho nitro benzene ring substituents is 1. The minimum Gasteiger partial charge on any atom is -0.493 e. The van der Waals surface area contributed by atoms with Gasteiger partial charge in [-0.25, -0.2) is 4.90 Å². The summed E-state index contributed by atoms with van der Waals surface area (Å²) in [5.41, 5.74) is 1.90. The zero-order valence-corrected chi connectivity index (χ0v) is 21.0. The normalized spacial score (nSPS) is 22.8. The van der Waals surface area contributed by atoms with Crippen molar-refractivity contribution in [1.29, 1.82) is 0 Å². The molecule has 0 radical (unpaired) electrons. The maximum Gasteiger partial charge on any atom is 0.271 e. The van der Waals surface area contributed by atoms with Crippen molar-refractivity contribution < 1.29 is 28.8 Å². The number of Topliss-reactive ketones (excluding diaryl/α,β-unsaturated/α-hetero) is 1. The molecule has 3 aliphatic heterocycles. The first kappa shape index (κ1) is 24.4. The fourth-order valence-electron chi connectivity index (χ4n) is 6.02. The molecule has 0 saturated carbocycles. The summed E-state index contributed by atoms with van der Waals surface area (Å²) in [6.45, 7) is 0. The second-order valence-corrected chi connectivity index (χ2v) is 9.56. The monoisotopic (exact) mass is 525 g/mol. The molecule has 2 fully saturated rings. The predicted octanol–water partition coefficient (Wildman–Crippen LogP) is 4.01. The number of fused-ring (bicyclic) bond motifs is 5. The van der Waals surface area contributed by atoms with E-state index in [0.29, 0.717) is 17.1 Å². The number of ether oxygens (including phenoxy) is 2. The van der Waals surface area contributed by atoms with Crippen LogP contribution in [0.25, 0.3) is 6.08 Å². The largest absolute Gasteiger partial charge is 0.493 e. The van der Waals surface area contributed by atoms with E-state index < -0.39 is 40.7 Å². The Hall–Kier alpha value is -4.99. The van der Waals surface area contributed by atoms with Gasteiger partial charge in [-0.15, -0.1) is 0 Å². The molecule has 0 spiro atoms. The van der Waals surface area contributed by atoms with Crippen LogP contribution in [0.3, 0.4) is 0 Å². The lowest BCUT2D eigenvalue weighted by Gasteiger charge is -2.35. The van der Waals surface area contributed by atoms with E-state index in [-0.39, 0.29) is 17.2 Å². The molecule has 2 saturated heterocycles. The summed E-state index contributed by atoms with van der Waals surface area (Å²) in [7, 11) is 2.96. The molecule has 196 valence electrons. The second kappa shape index (κ2) is 9.09. The second-order valence-electron chi connectivity index (χ2n) is 9.56. The van der Waals surface area contributed by atoms with Gasteiger partial charge >= 0.3 is 0 Å². The molecule has 0 unspecified atom stereocenters. The number of carbonyl (C=O) groups excluding carboxylic acids is 3. The molecular formula is C29H23N3O7. The first-order valence-corrected chi connectivity index (χ1v) is 12.3. The number of hydrogen-bond donors (Lipinski definition) is 0. The van der Waals surface area contributed by atoms with Crippen molar-refractivity contribution in [2.24, 2.45) is 11.8 Å². The minimum atomic E-state index is -1.00. The highest BCUT2D eigenvalue weighted by Gasteiger charge is 2.64. The van der Waals surface area contributed by atoms with E-state index in [9.17, 15) is 24.5 Å². The van der Waals surface area contributed by atoms with Crippen LogP contribution < -0.4 is 14.4 Å². The van der Waals surface area contributed by atoms with Crippen molar-refractivity contribution in [2.75, 3.05) is 19.1 Å². The SMILES string of the molecule is COc1ccc(C(=O)[C@@H]2[C@@H]3C(=O)N(c4cccc([N+](=O)[O-])c4)C(=O)[C@H]3[C@@H]3c4ccccc4C=CN23)cc1OC. The summed E-state index contributed by atoms with van der Waals surface area (Å²) in [6.07, 6.45) is 3.64. The van der Waals surface area contributed by atoms with Gasteiger partial charge in [0.2, 0.25) is 11.8 Å². The number of imide groups is 1. The first-order chi connectivity index (χ1) is 18.8. The molecule has 0 N–H and O–H groups in total. The molecule has 10 nitrogen and oxygen atoms in total. The van der Waals surface area contributed by atoms with Gasteiger partial charge in [-0.2, -0.15) is 0 Å². The van der Waals surface area contributed by atoms with Crippen LogP contribution in [-0.2, 0) is 9.59 Å². The summed E-state index contributed by atoms with van der Waals surface area (Å²) >= 11 is 0. The summed E-state index contributed by atoms with van der Waals surface area (Å²) in [4.78, 5) is 55.7. The topological polar surface area (TPSA) is 119 Å². The van der Waals surface area contributed by atoms with Gasteiger partial charge < -0.3 is 14.4 Å². The summed E-state index contributed by atoms with van der Waals surface area (Å²) in [5, 5.41) is 11.4. The van der Waals surface area contributed by atoms with Crippen LogP contribution in [0.4, 0.5) is 11.4 Å². The maximum atomic E-state index is 14.1. The molecule has 0 bridgehead atoms. The van der Waals surface area contributed by atoms with Crippen molar-refractivity contribution in [3.05, 3.63) is 99.7 Å². The van der Waals surface area contributed by atoms with E-state index in [1.54, 1.807) is 29.3 Å². The Bertz CT molecular complexity index is 1580. The molecule has 0 aliphatic carbocycles. The molecule has 2 amide bonds. The zero-order chi connectivity index (χ0) is 27.4. The third-order valence-corrected chi connectivity index (χ3v) is 7.70. The van der Waals surface area contributed by atoms with Crippen LogP contribution >= 0.6 is 0 Å². The number of carbonyl (C=O) groups is 3. The molecule has 3 heterocycles. The van der Waals surface area contributed by atoms with Crippen molar-refractivity contribution in [3.63, 3.8) is 0 Å². The van der Waals surface area contributed by atoms with Gasteiger partial charge in [0.15, 0.2) is 17.3 Å². The Morgan fingerprint density at radius 2 is 1.64 bits per heavy atom. The smallest absolute Gasteiger partial charge is 0.271 e. The standard InChI is InChI=1S/C29H23N3O7/c1-38-21-11-10-17(14-22(21)39-2)27(33)26-24-23(25-20-9-4-3-6-16(20)12-13-30(25)26)28(34)31(29(24)35)18-7-5-8-19(15-18)32(36)37/h3-15,23-26H,1-2H3/t23-,24-,25+,26+/m1/s1. The van der Waals surface area contributed by atoms with Crippen LogP contribution in [0.2, 0.25) is 0 Å². The third-order valence-electron chi connectivity index (χ3n) is 7.70. The van der Waals surface area contributed by atoms with Gasteiger partial charge in [-0.3, -0.25) is 24.5 Å². The lowest BCUT2D eigenvalue weighted by atomic mass is 9.83. The molecule has 10 heteroatoms. The summed E-state index contributed by atoms with van der Waals surface area (Å²) < 4.78 is 10.7. The van der Waals surface area contributed by atoms with E-state index in [4.69, 9.17) is 9.47 Å². The lowest BCUT2D eigenvalue weighted by molar-refractivity contribution is -0.384. The van der Waals surface area contributed by atoms with Gasteiger partial charge in [-0.05, 0) is 41.5 Å². The number of ketones is 1. The highest BCUT2D eigenvalue weighted by Crippen LogP contribution is 2.54. The highest BCUT2D eigenvalue weighted by atomic mass is 16.6. The van der Waals surface area contributed by atoms with Crippen molar-refractivity contribution in [3.8, 4) is 11.5 Å². The van der Waals surface area contributed by atoms with Gasteiger partial charge in [-0.1, -0.05) is 30.3 Å². The van der Waals surface area contributed by atoms with Gasteiger partial charge in [0, 0.05) is 23.9 Å². The van der Waals surface area contributed by atoms with Crippen LogP contribution in [0, 0.1) is 22.0 Å². The third kappa shape index (κ3) is 3.59. The number of nitrogens with zero attached hydrogens (tertiary/aromatic N) is 3. The molecule has 6 rings (SSSR count). The summed E-state index contributed by atoms with van der Waals surface area (Å²) in [6, 6.07) is 16.2. The Kier molecular flexibility index (Phi) is 5.67. The Morgan fingerprint density at radius 3 is 2.38 bits per heavy atom. The number of amides is 2. The summed E-state index contributed by atoms with van der Waals surface area (Å²) in [5.74, 6) is -2.46. The number of benzene rings is 3. The number of nitro groups is 1. The number of hydrogen-bond acceptors (Lipinski definition) is 8. The zero-order valence-electron chi connectivity index (χ0n) is 21.0. The molecular weight excluding hydrogens is 502 g/mol. The molecule has 3 aliphatic rings. The Labute approximate surface area is 223 Å². The molecule has 39 heavy (non-hydrogen) atoms. The fourth-order valence-corrected chi connectivity index (χ4v) is 6.02. The van der Waals surface area contributed by atoms with E-state index >= 15 is 0 Å². The van der Waals surface area contributed by atoms with Gasteiger partial charge in [0.05, 0.1) is 42.7 Å². The minimum absolute atomic E-state index is 0.108. The molecule has 0 aromatic heterocycles. The Balaban J connectivity index is 1.48. The van der Waals surface area contributed by atoms with Crippen LogP contribution in [0.15, 0.2) is 72.9 Å². The van der Waals surface area contributed by atoms with Gasteiger partial charge in [0.1, 0.15) is 6.04 Å². The first-order valence-electron chi connectivity index (χ1n) is 12.3. The van der Waals surface area contributed by atoms with E-state index in [1.165, 1.54) is 38.5 Å². The maximum absolute atomic E-state index is 14.1. The van der Waals surface area contributed by atoms with E-state index in [0.717, 1.165) is 16.0 Å². The van der Waals surface area contributed by atoms with Crippen LogP contribution in [-0.4, -0.2) is 47.7 Å². The molecule has 3 aromatic carbocycles. The molecule has 4 atom stereocenters. The quantitative estimate of drug-likeness (QED) is 0.205. The number of nitro benzene ring substituents is 1. The predicted molar refractivity (Wildman–Crippen MR) is 140 cm³/mol.